The predicted octanol–water partition coefficient (Wildman–Crippen LogP) is 4.84. The summed E-state index contributed by atoms with van der Waals surface area (Å²) in [6, 6.07) is 16.6. The summed E-state index contributed by atoms with van der Waals surface area (Å²) in [6.07, 6.45) is 0. The average molecular weight is 297 g/mol. The van der Waals surface area contributed by atoms with E-state index in [4.69, 9.17) is 10.2 Å². The molecule has 2 aromatic carbocycles. The van der Waals surface area contributed by atoms with E-state index in [0.717, 1.165) is 28.0 Å². The van der Waals surface area contributed by atoms with Crippen molar-refractivity contribution in [1.29, 1.82) is 0 Å². The van der Waals surface area contributed by atoms with E-state index in [9.17, 15) is 0 Å². The average Bonchev–Trinajstić information content (AvgIpc) is 2.90. The number of nitrogens with two attached hydrogens (primary N) is 1. The molecule has 1 atom stereocenters. The van der Waals surface area contributed by atoms with Gasteiger partial charge in [0.15, 0.2) is 0 Å². The molecule has 2 nitrogen and oxygen atoms in total. The van der Waals surface area contributed by atoms with Crippen LogP contribution in [0.4, 0.5) is 0 Å². The smallest absolute Gasteiger partial charge is 0.137 e. The predicted molar refractivity (Wildman–Crippen MR) is 89.8 cm³/mol. The highest BCUT2D eigenvalue weighted by molar-refractivity contribution is 7.99. The largest absolute Gasteiger partial charge is 0.459 e. The van der Waals surface area contributed by atoms with Gasteiger partial charge in [-0.3, -0.25) is 0 Å². The summed E-state index contributed by atoms with van der Waals surface area (Å²) in [5, 5.41) is 1.13. The maximum absolute atomic E-state index is 6.28. The van der Waals surface area contributed by atoms with E-state index in [1.165, 1.54) is 10.5 Å². The molecule has 1 aromatic heterocycles. The Labute approximate surface area is 129 Å². The zero-order valence-corrected chi connectivity index (χ0v) is 13.1. The lowest BCUT2D eigenvalue weighted by molar-refractivity contribution is 0.514. The summed E-state index contributed by atoms with van der Waals surface area (Å²) in [7, 11) is 0. The Balaban J connectivity index is 1.75. The third-order valence-electron chi connectivity index (χ3n) is 3.54. The number of rotatable bonds is 4. The molecule has 1 heterocycles. The van der Waals surface area contributed by atoms with Crippen LogP contribution in [0.15, 0.2) is 57.8 Å². The van der Waals surface area contributed by atoms with E-state index < -0.39 is 0 Å². The van der Waals surface area contributed by atoms with E-state index in [-0.39, 0.29) is 6.04 Å². The fourth-order valence-corrected chi connectivity index (χ4v) is 3.37. The van der Waals surface area contributed by atoms with Crippen LogP contribution in [0.2, 0.25) is 0 Å². The summed E-state index contributed by atoms with van der Waals surface area (Å²) < 4.78 is 5.93. The van der Waals surface area contributed by atoms with Gasteiger partial charge in [0.25, 0.3) is 0 Å². The second kappa shape index (κ2) is 5.96. The number of furan rings is 1. The molecule has 21 heavy (non-hydrogen) atoms. The molecule has 108 valence electrons. The third-order valence-corrected chi connectivity index (χ3v) is 4.66. The van der Waals surface area contributed by atoms with Crippen molar-refractivity contribution < 1.29 is 4.42 Å². The summed E-state index contributed by atoms with van der Waals surface area (Å²) in [4.78, 5) is 1.25. The first-order chi connectivity index (χ1) is 10.1. The van der Waals surface area contributed by atoms with Crippen LogP contribution < -0.4 is 5.73 Å². The fraction of sp³-hybridized carbons (Fsp3) is 0.222. The standard InChI is InChI=1S/C18H19NOS/c1-12-5-3-8-15(9-12)21-11-16(19)17-10-14-7-4-6-13(2)18(14)20-17/h3-10,16H,11,19H2,1-2H3. The fourth-order valence-electron chi connectivity index (χ4n) is 2.38. The molecule has 2 N–H and O–H groups in total. The zero-order chi connectivity index (χ0) is 14.8. The van der Waals surface area contributed by atoms with Crippen molar-refractivity contribution in [1.82, 2.24) is 0 Å². The Morgan fingerprint density at radius 3 is 2.67 bits per heavy atom. The van der Waals surface area contributed by atoms with Crippen molar-refractivity contribution in [3.8, 4) is 0 Å². The molecule has 0 amide bonds. The molecule has 0 aliphatic heterocycles. The van der Waals surface area contributed by atoms with Gasteiger partial charge in [0, 0.05) is 16.0 Å². The highest BCUT2D eigenvalue weighted by Crippen LogP contribution is 2.29. The number of hydrogen-bond acceptors (Lipinski definition) is 3. The van der Waals surface area contributed by atoms with Gasteiger partial charge in [0.05, 0.1) is 6.04 Å². The highest BCUT2D eigenvalue weighted by Gasteiger charge is 2.13. The Bertz CT molecular complexity index is 763. The Hall–Kier alpha value is -1.71. The molecule has 3 heteroatoms. The topological polar surface area (TPSA) is 39.2 Å². The summed E-state index contributed by atoms with van der Waals surface area (Å²) in [6.45, 7) is 4.16. The second-order valence-corrected chi connectivity index (χ2v) is 6.47. The van der Waals surface area contributed by atoms with Crippen molar-refractivity contribution >= 4 is 22.7 Å². The summed E-state index contributed by atoms with van der Waals surface area (Å²) >= 11 is 1.77. The van der Waals surface area contributed by atoms with Crippen molar-refractivity contribution in [2.75, 3.05) is 5.75 Å². The van der Waals surface area contributed by atoms with Gasteiger partial charge in [0.1, 0.15) is 11.3 Å². The van der Waals surface area contributed by atoms with E-state index in [2.05, 4.69) is 56.3 Å². The molecular formula is C18H19NOS. The van der Waals surface area contributed by atoms with Crippen molar-refractivity contribution in [3.05, 3.63) is 65.4 Å². The SMILES string of the molecule is Cc1cccc(SCC(N)c2cc3cccc(C)c3o2)c1. The maximum atomic E-state index is 6.28. The number of thioether (sulfide) groups is 1. The van der Waals surface area contributed by atoms with Crippen LogP contribution >= 0.6 is 11.8 Å². The Kier molecular flexibility index (Phi) is 4.04. The van der Waals surface area contributed by atoms with E-state index >= 15 is 0 Å². The Morgan fingerprint density at radius 1 is 1.10 bits per heavy atom. The van der Waals surface area contributed by atoms with Crippen LogP contribution in [0, 0.1) is 13.8 Å². The molecule has 0 saturated carbocycles. The lowest BCUT2D eigenvalue weighted by atomic mass is 10.1. The van der Waals surface area contributed by atoms with Crippen LogP contribution in [0.3, 0.4) is 0 Å². The molecule has 0 bridgehead atoms. The van der Waals surface area contributed by atoms with Crippen LogP contribution in [0.1, 0.15) is 22.9 Å². The van der Waals surface area contributed by atoms with Crippen LogP contribution in [-0.2, 0) is 0 Å². The van der Waals surface area contributed by atoms with Crippen molar-refractivity contribution in [2.45, 2.75) is 24.8 Å². The number of para-hydroxylation sites is 1. The number of fused-ring (bicyclic) bond motifs is 1. The van der Waals surface area contributed by atoms with Gasteiger partial charge in [-0.05, 0) is 37.6 Å². The monoisotopic (exact) mass is 297 g/mol. The summed E-state index contributed by atoms with van der Waals surface area (Å²) in [5.41, 5.74) is 9.65. The molecule has 1 unspecified atom stereocenters. The van der Waals surface area contributed by atoms with Gasteiger partial charge in [-0.2, -0.15) is 0 Å². The minimum atomic E-state index is -0.0951. The molecule has 0 fully saturated rings. The van der Waals surface area contributed by atoms with Gasteiger partial charge < -0.3 is 10.2 Å². The first-order valence-electron chi connectivity index (χ1n) is 7.07. The van der Waals surface area contributed by atoms with Crippen LogP contribution in [-0.4, -0.2) is 5.75 Å². The number of hydrogen-bond donors (Lipinski definition) is 1. The lowest BCUT2D eigenvalue weighted by Gasteiger charge is -2.08. The van der Waals surface area contributed by atoms with Crippen molar-refractivity contribution in [3.63, 3.8) is 0 Å². The third kappa shape index (κ3) is 3.14. The van der Waals surface area contributed by atoms with Gasteiger partial charge in [-0.25, -0.2) is 0 Å². The van der Waals surface area contributed by atoms with Crippen LogP contribution in [0.5, 0.6) is 0 Å². The first-order valence-corrected chi connectivity index (χ1v) is 8.06. The molecule has 3 rings (SSSR count). The minimum absolute atomic E-state index is 0.0951. The lowest BCUT2D eigenvalue weighted by Crippen LogP contribution is -2.11. The van der Waals surface area contributed by atoms with Gasteiger partial charge in [-0.15, -0.1) is 11.8 Å². The molecule has 0 spiro atoms. The van der Waals surface area contributed by atoms with Crippen LogP contribution in [0.25, 0.3) is 11.0 Å². The van der Waals surface area contributed by atoms with E-state index in [1.54, 1.807) is 11.8 Å². The highest BCUT2D eigenvalue weighted by atomic mass is 32.2. The van der Waals surface area contributed by atoms with E-state index in [0.29, 0.717) is 0 Å². The number of aryl methyl sites for hydroxylation is 2. The quantitative estimate of drug-likeness (QED) is 0.700. The molecule has 0 saturated heterocycles. The molecule has 0 aliphatic rings. The number of benzene rings is 2. The maximum Gasteiger partial charge on any atom is 0.137 e. The normalized spacial score (nSPS) is 12.7. The summed E-state index contributed by atoms with van der Waals surface area (Å²) in [5.74, 6) is 1.67. The zero-order valence-electron chi connectivity index (χ0n) is 12.3. The van der Waals surface area contributed by atoms with Gasteiger partial charge >= 0.3 is 0 Å². The van der Waals surface area contributed by atoms with Gasteiger partial charge in [-0.1, -0.05) is 35.9 Å². The first kappa shape index (κ1) is 14.2. The molecule has 3 aromatic rings. The molecule has 0 radical (unpaired) electrons. The minimum Gasteiger partial charge on any atom is -0.459 e. The second-order valence-electron chi connectivity index (χ2n) is 5.38. The molecular weight excluding hydrogens is 278 g/mol. The van der Waals surface area contributed by atoms with E-state index in [1.807, 2.05) is 6.07 Å². The van der Waals surface area contributed by atoms with Crippen molar-refractivity contribution in [2.24, 2.45) is 5.73 Å². The Morgan fingerprint density at radius 2 is 1.90 bits per heavy atom. The molecule has 0 aliphatic carbocycles. The van der Waals surface area contributed by atoms with Gasteiger partial charge in [0.2, 0.25) is 0 Å².